The van der Waals surface area contributed by atoms with Gasteiger partial charge in [0.1, 0.15) is 10.8 Å². The van der Waals surface area contributed by atoms with E-state index in [1.54, 1.807) is 16.2 Å². The number of nitrogens with two attached hydrogens (primary N) is 1. The molecule has 33 heavy (non-hydrogen) atoms. The smallest absolute Gasteiger partial charge is 0.338 e. The standard InChI is InChI=1S/C26H20N4O2S/c1-32-21-15-9-8-14-19(21)22-20(16-27)24(28)33-25-23(22)29(17-10-4-2-5-11-17)26(31)30(25)18-12-6-3-7-13-18/h2-15,22H,28H2,1H3. The molecule has 7 heteroatoms. The second kappa shape index (κ2) is 8.41. The lowest BCUT2D eigenvalue weighted by molar-refractivity contribution is 0.408. The van der Waals surface area contributed by atoms with Crippen molar-refractivity contribution < 1.29 is 4.74 Å². The normalized spacial score (nSPS) is 15.1. The molecule has 1 atom stereocenters. The molecule has 0 saturated heterocycles. The average Bonchev–Trinajstić information content (AvgIpc) is 3.15. The lowest BCUT2D eigenvalue weighted by Crippen LogP contribution is -2.24. The van der Waals surface area contributed by atoms with Crippen LogP contribution in [0.5, 0.6) is 5.75 Å². The summed E-state index contributed by atoms with van der Waals surface area (Å²) in [5.41, 5.74) is 9.50. The number of ether oxygens (including phenoxy) is 1. The molecule has 0 fully saturated rings. The maximum atomic E-state index is 13.9. The number of rotatable bonds is 4. The molecule has 1 aliphatic heterocycles. The number of methoxy groups -OCH3 is 1. The zero-order valence-corrected chi connectivity index (χ0v) is 18.6. The van der Waals surface area contributed by atoms with Gasteiger partial charge in [-0.1, -0.05) is 66.4 Å². The number of para-hydroxylation sites is 3. The first kappa shape index (κ1) is 20.7. The third kappa shape index (κ3) is 3.32. The molecular weight excluding hydrogens is 432 g/mol. The van der Waals surface area contributed by atoms with Gasteiger partial charge in [-0.15, -0.1) is 0 Å². The highest BCUT2D eigenvalue weighted by Crippen LogP contribution is 2.48. The van der Waals surface area contributed by atoms with Gasteiger partial charge in [-0.05, 0) is 30.3 Å². The highest BCUT2D eigenvalue weighted by molar-refractivity contribution is 8.03. The minimum absolute atomic E-state index is 0.225. The average molecular weight is 453 g/mol. The summed E-state index contributed by atoms with van der Waals surface area (Å²) in [6.07, 6.45) is 0. The first-order valence-electron chi connectivity index (χ1n) is 10.3. The maximum absolute atomic E-state index is 13.9. The molecule has 1 aromatic heterocycles. The molecule has 0 saturated carbocycles. The van der Waals surface area contributed by atoms with E-state index in [2.05, 4.69) is 6.07 Å². The Morgan fingerprint density at radius 1 is 0.909 bits per heavy atom. The van der Waals surface area contributed by atoms with E-state index in [-0.39, 0.29) is 5.69 Å². The molecule has 2 heterocycles. The van der Waals surface area contributed by atoms with Gasteiger partial charge in [0.2, 0.25) is 0 Å². The number of thioether (sulfide) groups is 1. The van der Waals surface area contributed by atoms with Crippen molar-refractivity contribution in [3.8, 4) is 23.2 Å². The van der Waals surface area contributed by atoms with Crippen LogP contribution in [0.15, 0.2) is 105 Å². The highest BCUT2D eigenvalue weighted by Gasteiger charge is 2.38. The predicted octanol–water partition coefficient (Wildman–Crippen LogP) is 4.57. The number of nitriles is 1. The van der Waals surface area contributed by atoms with Gasteiger partial charge >= 0.3 is 5.69 Å². The number of nitrogens with zero attached hydrogens (tertiary/aromatic N) is 3. The number of benzene rings is 3. The number of aromatic nitrogens is 2. The lowest BCUT2D eigenvalue weighted by atomic mass is 9.88. The van der Waals surface area contributed by atoms with Crippen LogP contribution in [0.3, 0.4) is 0 Å². The van der Waals surface area contributed by atoms with Crippen LogP contribution in [0, 0.1) is 11.3 Å². The Bertz CT molecular complexity index is 1460. The van der Waals surface area contributed by atoms with E-state index in [0.717, 1.165) is 11.3 Å². The van der Waals surface area contributed by atoms with E-state index >= 15 is 0 Å². The van der Waals surface area contributed by atoms with Crippen LogP contribution in [0.25, 0.3) is 11.4 Å². The molecule has 162 valence electrons. The molecule has 4 aromatic rings. The van der Waals surface area contributed by atoms with Crippen LogP contribution in [-0.4, -0.2) is 16.2 Å². The largest absolute Gasteiger partial charge is 0.496 e. The summed E-state index contributed by atoms with van der Waals surface area (Å²) in [7, 11) is 1.59. The van der Waals surface area contributed by atoms with E-state index in [1.165, 1.54) is 11.8 Å². The minimum Gasteiger partial charge on any atom is -0.496 e. The maximum Gasteiger partial charge on any atom is 0.338 e. The Kier molecular flexibility index (Phi) is 5.29. The minimum atomic E-state index is -0.569. The fourth-order valence-electron chi connectivity index (χ4n) is 4.25. The first-order valence-corrected chi connectivity index (χ1v) is 11.2. The van der Waals surface area contributed by atoms with Crippen LogP contribution >= 0.6 is 11.8 Å². The molecule has 1 aliphatic rings. The van der Waals surface area contributed by atoms with E-state index in [1.807, 2.05) is 84.9 Å². The molecule has 1 unspecified atom stereocenters. The summed E-state index contributed by atoms with van der Waals surface area (Å²) in [5.74, 6) is 0.0562. The summed E-state index contributed by atoms with van der Waals surface area (Å²) < 4.78 is 8.98. The van der Waals surface area contributed by atoms with Crippen molar-refractivity contribution in [1.82, 2.24) is 9.13 Å². The molecule has 6 nitrogen and oxygen atoms in total. The van der Waals surface area contributed by atoms with Crippen LogP contribution in [0.1, 0.15) is 17.2 Å². The Morgan fingerprint density at radius 3 is 2.09 bits per heavy atom. The van der Waals surface area contributed by atoms with Crippen LogP contribution < -0.4 is 16.2 Å². The van der Waals surface area contributed by atoms with Crippen molar-refractivity contribution in [2.24, 2.45) is 5.73 Å². The van der Waals surface area contributed by atoms with Crippen molar-refractivity contribution in [2.45, 2.75) is 10.9 Å². The Labute approximate surface area is 195 Å². The zero-order valence-electron chi connectivity index (χ0n) is 17.8. The molecule has 3 aromatic carbocycles. The van der Waals surface area contributed by atoms with Gasteiger partial charge in [0, 0.05) is 5.56 Å². The van der Waals surface area contributed by atoms with Gasteiger partial charge in [-0.3, -0.25) is 9.13 Å². The van der Waals surface area contributed by atoms with Gasteiger partial charge in [0.15, 0.2) is 0 Å². The SMILES string of the molecule is COc1ccccc1C1C(C#N)=C(N)Sc2c1n(-c1ccccc1)c(=O)n2-c1ccccc1. The van der Waals surface area contributed by atoms with Gasteiger partial charge in [0.25, 0.3) is 0 Å². The fourth-order valence-corrected chi connectivity index (χ4v) is 5.32. The molecule has 0 aliphatic carbocycles. The summed E-state index contributed by atoms with van der Waals surface area (Å²) in [6.45, 7) is 0. The number of allylic oxidation sites excluding steroid dienone is 1. The van der Waals surface area contributed by atoms with Gasteiger partial charge in [-0.2, -0.15) is 5.26 Å². The fraction of sp³-hybridized carbons (Fsp3) is 0.0769. The summed E-state index contributed by atoms with van der Waals surface area (Å²) in [4.78, 5) is 13.9. The highest BCUT2D eigenvalue weighted by atomic mass is 32.2. The number of hydrogen-bond acceptors (Lipinski definition) is 5. The monoisotopic (exact) mass is 452 g/mol. The second-order valence-electron chi connectivity index (χ2n) is 7.48. The van der Waals surface area contributed by atoms with Gasteiger partial charge in [-0.25, -0.2) is 4.79 Å². The molecule has 0 bridgehead atoms. The van der Waals surface area contributed by atoms with Crippen LogP contribution in [0.2, 0.25) is 0 Å². The topological polar surface area (TPSA) is 86.0 Å². The summed E-state index contributed by atoms with van der Waals surface area (Å²) in [6, 6.07) is 28.7. The van der Waals surface area contributed by atoms with Gasteiger partial charge < -0.3 is 10.5 Å². The summed E-state index contributed by atoms with van der Waals surface area (Å²) >= 11 is 1.24. The van der Waals surface area contributed by atoms with E-state index in [4.69, 9.17) is 10.5 Å². The number of fused-ring (bicyclic) bond motifs is 1. The van der Waals surface area contributed by atoms with E-state index < -0.39 is 5.92 Å². The second-order valence-corrected chi connectivity index (χ2v) is 8.51. The van der Waals surface area contributed by atoms with Crippen molar-refractivity contribution in [1.29, 1.82) is 5.26 Å². The Morgan fingerprint density at radius 2 is 1.48 bits per heavy atom. The van der Waals surface area contributed by atoms with Crippen LogP contribution in [0.4, 0.5) is 0 Å². The lowest BCUT2D eigenvalue weighted by Gasteiger charge is -2.26. The number of hydrogen-bond donors (Lipinski definition) is 1. The number of imidazole rings is 1. The molecular formula is C26H20N4O2S. The first-order chi connectivity index (χ1) is 16.2. The molecule has 2 N–H and O–H groups in total. The molecule has 0 spiro atoms. The van der Waals surface area contributed by atoms with Gasteiger partial charge in [0.05, 0.1) is 46.8 Å². The third-order valence-corrected chi connectivity index (χ3v) is 6.70. The quantitative estimate of drug-likeness (QED) is 0.490. The predicted molar refractivity (Wildman–Crippen MR) is 129 cm³/mol. The van der Waals surface area contributed by atoms with Crippen molar-refractivity contribution in [2.75, 3.05) is 7.11 Å². The van der Waals surface area contributed by atoms with Crippen molar-refractivity contribution in [3.05, 3.63) is 117 Å². The Balaban J connectivity index is 1.92. The van der Waals surface area contributed by atoms with Crippen LogP contribution in [-0.2, 0) is 0 Å². The Hall–Kier alpha value is -4.15. The third-order valence-electron chi connectivity index (χ3n) is 5.68. The van der Waals surface area contributed by atoms with E-state index in [0.29, 0.717) is 32.8 Å². The van der Waals surface area contributed by atoms with E-state index in [9.17, 15) is 10.1 Å². The molecule has 0 amide bonds. The van der Waals surface area contributed by atoms with Crippen molar-refractivity contribution in [3.63, 3.8) is 0 Å². The molecule has 0 radical (unpaired) electrons. The van der Waals surface area contributed by atoms with Crippen molar-refractivity contribution >= 4 is 11.8 Å². The zero-order chi connectivity index (χ0) is 22.9. The molecule has 5 rings (SSSR count). The summed E-state index contributed by atoms with van der Waals surface area (Å²) in [5, 5.41) is 11.2.